The maximum absolute atomic E-state index is 10.3. The number of aliphatic hydroxyl groups excluding tert-OH is 1. The molecule has 0 aliphatic rings. The lowest BCUT2D eigenvalue weighted by molar-refractivity contribution is -0.140. The van der Waals surface area contributed by atoms with Crippen molar-refractivity contribution in [2.75, 3.05) is 0 Å². The molecule has 0 rings (SSSR count). The van der Waals surface area contributed by atoms with E-state index in [4.69, 9.17) is 15.3 Å². The van der Waals surface area contributed by atoms with E-state index in [2.05, 4.69) is 0 Å². The zero-order valence-electron chi connectivity index (χ0n) is 7.43. The molecule has 0 amide bonds. The van der Waals surface area contributed by atoms with Crippen molar-refractivity contribution in [2.24, 2.45) is 5.92 Å². The molecular formula is C8H14O5. The Balaban J connectivity index is 4.02. The number of aliphatic carboxylic acids is 2. The molecule has 0 radical (unpaired) electrons. The highest BCUT2D eigenvalue weighted by Gasteiger charge is 2.18. The molecule has 13 heavy (non-hydrogen) atoms. The van der Waals surface area contributed by atoms with Gasteiger partial charge in [-0.1, -0.05) is 0 Å². The number of hydrogen-bond acceptors (Lipinski definition) is 3. The summed E-state index contributed by atoms with van der Waals surface area (Å²) in [6.45, 7) is 1.51. The van der Waals surface area contributed by atoms with Gasteiger partial charge in [-0.05, 0) is 19.3 Å². The summed E-state index contributed by atoms with van der Waals surface area (Å²) >= 11 is 0. The van der Waals surface area contributed by atoms with E-state index in [0.29, 0.717) is 0 Å². The summed E-state index contributed by atoms with van der Waals surface area (Å²) in [5.41, 5.74) is 0. The van der Waals surface area contributed by atoms with Gasteiger partial charge in [-0.2, -0.15) is 0 Å². The Kier molecular flexibility index (Phi) is 5.06. The third-order valence-electron chi connectivity index (χ3n) is 1.60. The van der Waals surface area contributed by atoms with Crippen molar-refractivity contribution in [1.82, 2.24) is 0 Å². The van der Waals surface area contributed by atoms with Crippen LogP contribution in [0.25, 0.3) is 0 Å². The number of aliphatic hydroxyl groups is 1. The minimum Gasteiger partial charge on any atom is -0.481 e. The summed E-state index contributed by atoms with van der Waals surface area (Å²) in [4.78, 5) is 20.6. The van der Waals surface area contributed by atoms with Gasteiger partial charge in [0.2, 0.25) is 0 Å². The van der Waals surface area contributed by atoms with Crippen LogP contribution in [0.4, 0.5) is 0 Å². The van der Waals surface area contributed by atoms with Gasteiger partial charge in [-0.3, -0.25) is 9.59 Å². The fourth-order valence-corrected chi connectivity index (χ4v) is 1.22. The van der Waals surface area contributed by atoms with E-state index in [0.717, 1.165) is 0 Å². The van der Waals surface area contributed by atoms with Crippen molar-refractivity contribution in [1.29, 1.82) is 0 Å². The molecule has 0 aromatic heterocycles. The fourth-order valence-electron chi connectivity index (χ4n) is 1.22. The Morgan fingerprint density at radius 3 is 1.77 bits per heavy atom. The largest absolute Gasteiger partial charge is 0.481 e. The Bertz CT molecular complexity index is 171. The van der Waals surface area contributed by atoms with Crippen LogP contribution >= 0.6 is 0 Å². The zero-order valence-corrected chi connectivity index (χ0v) is 7.43. The Morgan fingerprint density at radius 2 is 1.54 bits per heavy atom. The molecule has 0 spiro atoms. The second-order valence-corrected chi connectivity index (χ2v) is 3.15. The molecule has 0 saturated carbocycles. The van der Waals surface area contributed by atoms with Crippen LogP contribution in [0.2, 0.25) is 0 Å². The molecule has 0 aromatic carbocycles. The second-order valence-electron chi connectivity index (χ2n) is 3.15. The minimum absolute atomic E-state index is 0.207. The lowest BCUT2D eigenvalue weighted by atomic mass is 9.95. The van der Waals surface area contributed by atoms with Gasteiger partial charge in [0.25, 0.3) is 0 Å². The predicted octanol–water partition coefficient (Wildman–Crippen LogP) is 0.323. The van der Waals surface area contributed by atoms with Crippen molar-refractivity contribution in [3.05, 3.63) is 0 Å². The Morgan fingerprint density at radius 1 is 1.15 bits per heavy atom. The first-order chi connectivity index (χ1) is 5.91. The highest BCUT2D eigenvalue weighted by Crippen LogP contribution is 2.15. The molecule has 0 heterocycles. The predicted molar refractivity (Wildman–Crippen MR) is 44.3 cm³/mol. The SMILES string of the molecule is CC(O)CC(CC(=O)O)CC(=O)O. The van der Waals surface area contributed by atoms with Gasteiger partial charge in [0.05, 0.1) is 6.10 Å². The number of carboxylic acids is 2. The van der Waals surface area contributed by atoms with Crippen LogP contribution in [0.15, 0.2) is 0 Å². The molecule has 1 atom stereocenters. The van der Waals surface area contributed by atoms with Gasteiger partial charge in [0.1, 0.15) is 0 Å². The fraction of sp³-hybridized carbons (Fsp3) is 0.750. The normalized spacial score (nSPS) is 12.8. The summed E-state index contributed by atoms with van der Waals surface area (Å²) in [5.74, 6) is -2.56. The van der Waals surface area contributed by atoms with Gasteiger partial charge in [-0.25, -0.2) is 0 Å². The first-order valence-corrected chi connectivity index (χ1v) is 4.03. The lowest BCUT2D eigenvalue weighted by Crippen LogP contribution is -2.17. The maximum atomic E-state index is 10.3. The van der Waals surface area contributed by atoms with Crippen LogP contribution in [0, 0.1) is 5.92 Å². The minimum atomic E-state index is -1.04. The quantitative estimate of drug-likeness (QED) is 0.560. The van der Waals surface area contributed by atoms with Crippen LogP contribution in [0.1, 0.15) is 26.2 Å². The molecule has 0 aliphatic carbocycles. The van der Waals surface area contributed by atoms with E-state index in [9.17, 15) is 9.59 Å². The summed E-state index contributed by atoms with van der Waals surface area (Å²) in [5, 5.41) is 25.8. The Hall–Kier alpha value is -1.10. The maximum Gasteiger partial charge on any atom is 0.303 e. The van der Waals surface area contributed by atoms with Gasteiger partial charge in [0, 0.05) is 12.8 Å². The Labute approximate surface area is 76.0 Å². The van der Waals surface area contributed by atoms with Crippen molar-refractivity contribution < 1.29 is 24.9 Å². The molecule has 0 saturated heterocycles. The highest BCUT2D eigenvalue weighted by molar-refractivity contribution is 5.70. The number of rotatable bonds is 6. The first-order valence-electron chi connectivity index (χ1n) is 4.03. The van der Waals surface area contributed by atoms with Crippen LogP contribution < -0.4 is 0 Å². The van der Waals surface area contributed by atoms with Crippen molar-refractivity contribution in [3.63, 3.8) is 0 Å². The highest BCUT2D eigenvalue weighted by atomic mass is 16.4. The number of hydrogen-bond donors (Lipinski definition) is 3. The third kappa shape index (κ3) is 7.27. The first kappa shape index (κ1) is 11.9. The lowest BCUT2D eigenvalue weighted by Gasteiger charge is -2.13. The van der Waals surface area contributed by atoms with Gasteiger partial charge < -0.3 is 15.3 Å². The molecule has 0 aromatic rings. The molecule has 76 valence electrons. The van der Waals surface area contributed by atoms with E-state index in [1.54, 1.807) is 0 Å². The molecule has 0 fully saturated rings. The van der Waals surface area contributed by atoms with Crippen LogP contribution in [0.5, 0.6) is 0 Å². The van der Waals surface area contributed by atoms with E-state index >= 15 is 0 Å². The van der Waals surface area contributed by atoms with Gasteiger partial charge in [0.15, 0.2) is 0 Å². The molecule has 0 aliphatic heterocycles. The average molecular weight is 190 g/mol. The number of carboxylic acid groups (broad SMARTS) is 2. The van der Waals surface area contributed by atoms with Gasteiger partial charge in [-0.15, -0.1) is 0 Å². The second kappa shape index (κ2) is 5.53. The summed E-state index contributed by atoms with van der Waals surface area (Å²) in [6.07, 6.45) is -0.879. The molecule has 0 bridgehead atoms. The third-order valence-corrected chi connectivity index (χ3v) is 1.60. The molecule has 1 unspecified atom stereocenters. The van der Waals surface area contributed by atoms with Crippen LogP contribution in [0.3, 0.4) is 0 Å². The molecule has 5 nitrogen and oxygen atoms in total. The topological polar surface area (TPSA) is 94.8 Å². The summed E-state index contributed by atoms with van der Waals surface area (Å²) < 4.78 is 0. The monoisotopic (exact) mass is 190 g/mol. The molecule has 5 heteroatoms. The van der Waals surface area contributed by atoms with Crippen molar-refractivity contribution in [3.8, 4) is 0 Å². The van der Waals surface area contributed by atoms with Gasteiger partial charge >= 0.3 is 11.9 Å². The van der Waals surface area contributed by atoms with E-state index in [1.165, 1.54) is 6.92 Å². The zero-order chi connectivity index (χ0) is 10.4. The molecular weight excluding hydrogens is 176 g/mol. The van der Waals surface area contributed by atoms with E-state index in [1.807, 2.05) is 0 Å². The summed E-state index contributed by atoms with van der Waals surface area (Å²) in [6, 6.07) is 0. The van der Waals surface area contributed by atoms with Crippen LogP contribution in [-0.4, -0.2) is 33.4 Å². The smallest absolute Gasteiger partial charge is 0.303 e. The standard InChI is InChI=1S/C8H14O5/c1-5(9)2-6(3-7(10)11)4-8(12)13/h5-6,9H,2-4H2,1H3,(H,10,11)(H,12,13). The van der Waals surface area contributed by atoms with Crippen LogP contribution in [-0.2, 0) is 9.59 Å². The summed E-state index contributed by atoms with van der Waals surface area (Å²) in [7, 11) is 0. The average Bonchev–Trinajstić information content (AvgIpc) is 1.80. The van der Waals surface area contributed by atoms with E-state index < -0.39 is 24.0 Å². The van der Waals surface area contributed by atoms with Crippen molar-refractivity contribution in [2.45, 2.75) is 32.3 Å². The van der Waals surface area contributed by atoms with E-state index in [-0.39, 0.29) is 19.3 Å². The molecule has 3 N–H and O–H groups in total. The number of carbonyl (C=O) groups is 2. The van der Waals surface area contributed by atoms with Crippen molar-refractivity contribution >= 4 is 11.9 Å².